The van der Waals surface area contributed by atoms with E-state index >= 15 is 0 Å². The van der Waals surface area contributed by atoms with E-state index < -0.39 is 0 Å². The maximum absolute atomic E-state index is 12.6. The Morgan fingerprint density at radius 1 is 1.10 bits per heavy atom. The van der Waals surface area contributed by atoms with Crippen molar-refractivity contribution in [2.45, 2.75) is 38.5 Å². The Kier molecular flexibility index (Phi) is 6.19. The molecular weight excluding hydrogens is 424 g/mol. The lowest BCUT2D eigenvalue weighted by Crippen LogP contribution is -2.34. The molecule has 2 heterocycles. The summed E-state index contributed by atoms with van der Waals surface area (Å²) >= 11 is 6.85. The molecule has 0 bridgehead atoms. The first-order chi connectivity index (χ1) is 14.6. The van der Waals surface area contributed by atoms with Crippen LogP contribution in [0.4, 0.5) is 5.00 Å². The molecule has 0 radical (unpaired) electrons. The third-order valence-corrected chi connectivity index (χ3v) is 6.56. The second-order valence-electron chi connectivity index (χ2n) is 7.09. The van der Waals surface area contributed by atoms with Crippen molar-refractivity contribution in [3.05, 3.63) is 39.8 Å². The third-order valence-electron chi connectivity index (χ3n) is 5.15. The predicted octanol–water partition coefficient (Wildman–Crippen LogP) is 4.05. The van der Waals surface area contributed by atoms with Crippen LogP contribution in [0.15, 0.2) is 18.2 Å². The maximum Gasteiger partial charge on any atom is 0.341 e. The first kappa shape index (κ1) is 20.6. The number of benzene rings is 1. The molecule has 1 aliphatic carbocycles. The van der Waals surface area contributed by atoms with Crippen LogP contribution >= 0.6 is 23.6 Å². The molecule has 0 saturated heterocycles. The summed E-state index contributed by atoms with van der Waals surface area (Å²) in [6, 6.07) is 4.93. The number of rotatable bonds is 3. The Balaban J connectivity index is 1.51. The maximum atomic E-state index is 12.6. The second-order valence-corrected chi connectivity index (χ2v) is 8.60. The number of esters is 1. The highest BCUT2D eigenvalue weighted by Gasteiger charge is 2.26. The number of amides is 1. The molecule has 1 amide bonds. The molecule has 1 aromatic carbocycles. The van der Waals surface area contributed by atoms with Crippen LogP contribution in [0.25, 0.3) is 0 Å². The second kappa shape index (κ2) is 9.01. The van der Waals surface area contributed by atoms with Gasteiger partial charge >= 0.3 is 5.97 Å². The molecule has 0 saturated carbocycles. The molecule has 2 aliphatic rings. The Labute approximate surface area is 183 Å². The molecular formula is C21H22N2O5S2. The molecule has 2 aromatic rings. The Morgan fingerprint density at radius 2 is 1.87 bits per heavy atom. The molecule has 1 aliphatic heterocycles. The third kappa shape index (κ3) is 4.27. The first-order valence-electron chi connectivity index (χ1n) is 9.81. The quantitative estimate of drug-likeness (QED) is 0.543. The van der Waals surface area contributed by atoms with Gasteiger partial charge in [-0.05, 0) is 61.7 Å². The van der Waals surface area contributed by atoms with E-state index in [1.807, 2.05) is 0 Å². The highest BCUT2D eigenvalue weighted by molar-refractivity contribution is 7.80. The van der Waals surface area contributed by atoms with Gasteiger partial charge in [-0.25, -0.2) is 4.79 Å². The summed E-state index contributed by atoms with van der Waals surface area (Å²) < 4.78 is 15.6. The van der Waals surface area contributed by atoms with Crippen LogP contribution < -0.4 is 20.1 Å². The number of fused-ring (bicyclic) bond motifs is 2. The average Bonchev–Trinajstić information content (AvgIpc) is 3.31. The van der Waals surface area contributed by atoms with Crippen molar-refractivity contribution < 1.29 is 23.8 Å². The smallest absolute Gasteiger partial charge is 0.341 e. The Bertz CT molecular complexity index is 1000. The summed E-state index contributed by atoms with van der Waals surface area (Å²) in [5.74, 6) is 0.361. The summed E-state index contributed by atoms with van der Waals surface area (Å²) in [5.41, 5.74) is 1.97. The fourth-order valence-electron chi connectivity index (χ4n) is 3.67. The van der Waals surface area contributed by atoms with Gasteiger partial charge in [0.15, 0.2) is 16.6 Å². The van der Waals surface area contributed by atoms with E-state index in [1.54, 1.807) is 18.2 Å². The fourth-order valence-corrected chi connectivity index (χ4v) is 5.21. The number of thiophene rings is 1. The van der Waals surface area contributed by atoms with E-state index in [2.05, 4.69) is 10.6 Å². The summed E-state index contributed by atoms with van der Waals surface area (Å²) in [4.78, 5) is 26.3. The highest BCUT2D eigenvalue weighted by atomic mass is 32.1. The number of carbonyl (C=O) groups excluding carboxylic acids is 2. The number of nitrogens with one attached hydrogen (secondary N) is 2. The molecule has 7 nitrogen and oxygen atoms in total. The van der Waals surface area contributed by atoms with E-state index in [0.717, 1.165) is 37.7 Å². The molecule has 0 unspecified atom stereocenters. The number of hydrogen-bond donors (Lipinski definition) is 2. The first-order valence-corrected chi connectivity index (χ1v) is 11.0. The van der Waals surface area contributed by atoms with Gasteiger partial charge in [0.1, 0.15) is 5.00 Å². The SMILES string of the molecule is COC(=O)c1c(NC(=S)NC(=O)c2ccc3c(c2)OCO3)sc2c1CCCCCC2. The average molecular weight is 447 g/mol. The summed E-state index contributed by atoms with van der Waals surface area (Å²) in [5, 5.41) is 6.44. The molecule has 1 aromatic heterocycles. The molecule has 0 spiro atoms. The number of methoxy groups -OCH3 is 1. The number of anilines is 1. The summed E-state index contributed by atoms with van der Waals surface area (Å²) in [6.07, 6.45) is 6.26. The molecule has 4 rings (SSSR count). The summed E-state index contributed by atoms with van der Waals surface area (Å²) in [6.45, 7) is 0.139. The van der Waals surface area contributed by atoms with Gasteiger partial charge in [-0.3, -0.25) is 10.1 Å². The molecule has 2 N–H and O–H groups in total. The van der Waals surface area contributed by atoms with Crippen LogP contribution in [0.3, 0.4) is 0 Å². The standard InChI is InChI=1S/C21H22N2O5S2/c1-26-20(25)17-13-6-4-2-3-5-7-16(13)30-19(17)23-21(29)22-18(24)12-8-9-14-15(10-12)28-11-27-14/h8-10H,2-7,11H2,1H3,(H2,22,23,24,29). The lowest BCUT2D eigenvalue weighted by atomic mass is 9.96. The molecule has 9 heteroatoms. The number of carbonyl (C=O) groups is 2. The van der Waals surface area contributed by atoms with Gasteiger partial charge in [0.2, 0.25) is 6.79 Å². The zero-order valence-electron chi connectivity index (χ0n) is 16.5. The Morgan fingerprint density at radius 3 is 2.67 bits per heavy atom. The zero-order valence-corrected chi connectivity index (χ0v) is 18.2. The van der Waals surface area contributed by atoms with Crippen molar-refractivity contribution in [3.8, 4) is 11.5 Å². The van der Waals surface area contributed by atoms with E-state index in [0.29, 0.717) is 27.6 Å². The van der Waals surface area contributed by atoms with Gasteiger partial charge < -0.3 is 19.5 Å². The largest absolute Gasteiger partial charge is 0.465 e. The van der Waals surface area contributed by atoms with Crippen LogP contribution in [0.2, 0.25) is 0 Å². The highest BCUT2D eigenvalue weighted by Crippen LogP contribution is 2.37. The van der Waals surface area contributed by atoms with Crippen molar-refractivity contribution >= 4 is 45.5 Å². The number of ether oxygens (including phenoxy) is 3. The van der Waals surface area contributed by atoms with E-state index in [4.69, 9.17) is 26.4 Å². The van der Waals surface area contributed by atoms with Crippen molar-refractivity contribution in [2.75, 3.05) is 19.2 Å². The van der Waals surface area contributed by atoms with Gasteiger partial charge in [0, 0.05) is 10.4 Å². The van der Waals surface area contributed by atoms with Gasteiger partial charge in [-0.15, -0.1) is 11.3 Å². The van der Waals surface area contributed by atoms with E-state index in [1.165, 1.54) is 29.7 Å². The van der Waals surface area contributed by atoms with Crippen molar-refractivity contribution in [1.82, 2.24) is 5.32 Å². The number of hydrogen-bond acceptors (Lipinski definition) is 7. The minimum atomic E-state index is -0.388. The minimum Gasteiger partial charge on any atom is -0.465 e. The number of aryl methyl sites for hydroxylation is 1. The lowest BCUT2D eigenvalue weighted by molar-refractivity contribution is 0.0601. The molecule has 0 fully saturated rings. The minimum absolute atomic E-state index is 0.122. The van der Waals surface area contributed by atoms with Crippen molar-refractivity contribution in [2.24, 2.45) is 0 Å². The predicted molar refractivity (Wildman–Crippen MR) is 118 cm³/mol. The summed E-state index contributed by atoms with van der Waals surface area (Å²) in [7, 11) is 1.37. The van der Waals surface area contributed by atoms with Crippen LogP contribution in [0.5, 0.6) is 11.5 Å². The fraction of sp³-hybridized carbons (Fsp3) is 0.381. The zero-order chi connectivity index (χ0) is 21.1. The Hall–Kier alpha value is -2.65. The van der Waals surface area contributed by atoms with Gasteiger partial charge in [0.25, 0.3) is 5.91 Å². The molecule has 0 atom stereocenters. The monoisotopic (exact) mass is 446 g/mol. The van der Waals surface area contributed by atoms with Crippen LogP contribution in [0, 0.1) is 0 Å². The normalized spacial score (nSPS) is 14.8. The van der Waals surface area contributed by atoms with E-state index in [9.17, 15) is 9.59 Å². The topological polar surface area (TPSA) is 85.9 Å². The van der Waals surface area contributed by atoms with Gasteiger partial charge in [-0.1, -0.05) is 12.8 Å². The molecule has 158 valence electrons. The van der Waals surface area contributed by atoms with E-state index in [-0.39, 0.29) is 23.8 Å². The van der Waals surface area contributed by atoms with Gasteiger partial charge in [-0.2, -0.15) is 0 Å². The number of thiocarbonyl (C=S) groups is 1. The van der Waals surface area contributed by atoms with Crippen molar-refractivity contribution in [3.63, 3.8) is 0 Å². The lowest BCUT2D eigenvalue weighted by Gasteiger charge is -2.12. The molecule has 30 heavy (non-hydrogen) atoms. The van der Waals surface area contributed by atoms with Crippen LogP contribution in [-0.2, 0) is 17.6 Å². The van der Waals surface area contributed by atoms with Crippen molar-refractivity contribution in [1.29, 1.82) is 0 Å². The van der Waals surface area contributed by atoms with Gasteiger partial charge in [0.05, 0.1) is 12.7 Å². The van der Waals surface area contributed by atoms with Crippen LogP contribution in [0.1, 0.15) is 56.8 Å². The van der Waals surface area contributed by atoms with Crippen LogP contribution in [-0.4, -0.2) is 30.9 Å².